The fourth-order valence-electron chi connectivity index (χ4n) is 4.15. The first-order valence-corrected chi connectivity index (χ1v) is 11.3. The van der Waals surface area contributed by atoms with Crippen molar-refractivity contribution in [3.63, 3.8) is 0 Å². The van der Waals surface area contributed by atoms with Gasteiger partial charge >= 0.3 is 0 Å². The van der Waals surface area contributed by atoms with Crippen LogP contribution in [0.25, 0.3) is 33.4 Å². The molecule has 3 aromatic heterocycles. The standard InChI is InChI=1S/C27H27N7O/c1-17(2)15-29-20-9-5-19(6-10-20)25-23(24-26(28)30-16-31-27(24)34(25)4)18-7-11-21(12-8-18)35-22-13-14-33(3)32-22/h5-14,16,29H,1,15H2,2-4H3,(H2,28,30,31). The third kappa shape index (κ3) is 4.33. The summed E-state index contributed by atoms with van der Waals surface area (Å²) in [7, 11) is 3.85. The van der Waals surface area contributed by atoms with Crippen LogP contribution in [0, 0.1) is 0 Å². The summed E-state index contributed by atoms with van der Waals surface area (Å²) in [6.07, 6.45) is 3.34. The second kappa shape index (κ2) is 8.98. The first-order chi connectivity index (χ1) is 16.9. The average Bonchev–Trinajstić information content (AvgIpc) is 3.39. The quantitative estimate of drug-likeness (QED) is 0.313. The van der Waals surface area contributed by atoms with Gasteiger partial charge in [-0.3, -0.25) is 4.68 Å². The summed E-state index contributed by atoms with van der Waals surface area (Å²) in [6, 6.07) is 18.0. The number of nitrogens with two attached hydrogens (primary N) is 1. The van der Waals surface area contributed by atoms with Gasteiger partial charge in [0, 0.05) is 44.2 Å². The van der Waals surface area contributed by atoms with Crippen molar-refractivity contribution in [1.29, 1.82) is 0 Å². The number of ether oxygens (including phenoxy) is 1. The average molecular weight is 466 g/mol. The Hall–Kier alpha value is -4.59. The van der Waals surface area contributed by atoms with Gasteiger partial charge in [0.05, 0.1) is 11.1 Å². The van der Waals surface area contributed by atoms with Crippen molar-refractivity contribution < 1.29 is 4.74 Å². The van der Waals surface area contributed by atoms with Gasteiger partial charge in [-0.2, -0.15) is 0 Å². The van der Waals surface area contributed by atoms with Crippen molar-refractivity contribution in [1.82, 2.24) is 24.3 Å². The predicted molar refractivity (Wildman–Crippen MR) is 140 cm³/mol. The van der Waals surface area contributed by atoms with Crippen molar-refractivity contribution in [2.45, 2.75) is 6.92 Å². The maximum absolute atomic E-state index is 6.36. The Morgan fingerprint density at radius 1 is 1.00 bits per heavy atom. The number of aromatic nitrogens is 5. The zero-order valence-corrected chi connectivity index (χ0v) is 20.0. The lowest BCUT2D eigenvalue weighted by molar-refractivity contribution is 0.454. The van der Waals surface area contributed by atoms with Gasteiger partial charge in [-0.05, 0) is 42.3 Å². The number of benzene rings is 2. The van der Waals surface area contributed by atoms with E-state index in [9.17, 15) is 0 Å². The number of rotatable bonds is 7. The Morgan fingerprint density at radius 2 is 1.71 bits per heavy atom. The maximum Gasteiger partial charge on any atom is 0.238 e. The molecule has 8 nitrogen and oxygen atoms in total. The highest BCUT2D eigenvalue weighted by Gasteiger charge is 2.21. The molecule has 0 amide bonds. The van der Waals surface area contributed by atoms with E-state index in [4.69, 9.17) is 10.5 Å². The Bertz CT molecular complexity index is 1510. The summed E-state index contributed by atoms with van der Waals surface area (Å²) in [5, 5.41) is 8.48. The third-order valence-electron chi connectivity index (χ3n) is 5.80. The third-order valence-corrected chi connectivity index (χ3v) is 5.80. The molecular formula is C27H27N7O. The van der Waals surface area contributed by atoms with Crippen LogP contribution in [0.3, 0.4) is 0 Å². The molecule has 0 aliphatic carbocycles. The summed E-state index contributed by atoms with van der Waals surface area (Å²) in [4.78, 5) is 8.80. The van der Waals surface area contributed by atoms with Gasteiger partial charge in [-0.1, -0.05) is 36.4 Å². The number of hydrogen-bond acceptors (Lipinski definition) is 6. The Labute approximate surface area is 203 Å². The molecule has 0 aliphatic rings. The molecule has 0 spiro atoms. The van der Waals surface area contributed by atoms with Crippen molar-refractivity contribution in [2.24, 2.45) is 14.1 Å². The molecule has 0 saturated heterocycles. The zero-order chi connectivity index (χ0) is 24.5. The number of nitrogen functional groups attached to an aromatic ring is 1. The Balaban J connectivity index is 1.58. The molecule has 0 unspecified atom stereocenters. The van der Waals surface area contributed by atoms with E-state index in [1.54, 1.807) is 4.68 Å². The molecule has 176 valence electrons. The van der Waals surface area contributed by atoms with Gasteiger partial charge in [0.15, 0.2) is 0 Å². The molecule has 3 heterocycles. The normalized spacial score (nSPS) is 11.1. The molecule has 0 aliphatic heterocycles. The van der Waals surface area contributed by atoms with Crippen LogP contribution in [0.5, 0.6) is 11.6 Å². The first kappa shape index (κ1) is 22.2. The van der Waals surface area contributed by atoms with Gasteiger partial charge in [0.2, 0.25) is 5.88 Å². The van der Waals surface area contributed by atoms with Crippen molar-refractivity contribution >= 4 is 22.5 Å². The molecule has 35 heavy (non-hydrogen) atoms. The van der Waals surface area contributed by atoms with E-state index in [2.05, 4.69) is 55.8 Å². The smallest absolute Gasteiger partial charge is 0.238 e. The molecule has 0 saturated carbocycles. The number of nitrogens with one attached hydrogen (secondary N) is 1. The zero-order valence-electron chi connectivity index (χ0n) is 20.0. The van der Waals surface area contributed by atoms with E-state index in [1.165, 1.54) is 6.33 Å². The number of hydrogen-bond donors (Lipinski definition) is 2. The van der Waals surface area contributed by atoms with Crippen molar-refractivity contribution in [2.75, 3.05) is 17.6 Å². The molecule has 8 heteroatoms. The minimum Gasteiger partial charge on any atom is -0.438 e. The Kier molecular flexibility index (Phi) is 5.70. The van der Waals surface area contributed by atoms with Crippen LogP contribution in [0.4, 0.5) is 11.5 Å². The molecule has 0 atom stereocenters. The van der Waals surface area contributed by atoms with Crippen LogP contribution in [0.2, 0.25) is 0 Å². The lowest BCUT2D eigenvalue weighted by Gasteiger charge is -2.11. The molecule has 5 rings (SSSR count). The molecule has 2 aromatic carbocycles. The second-order valence-corrected chi connectivity index (χ2v) is 8.58. The highest BCUT2D eigenvalue weighted by Crippen LogP contribution is 2.42. The largest absolute Gasteiger partial charge is 0.438 e. The highest BCUT2D eigenvalue weighted by molar-refractivity contribution is 6.07. The molecule has 3 N–H and O–H groups in total. The van der Waals surface area contributed by atoms with Gasteiger partial charge in [-0.15, -0.1) is 5.10 Å². The van der Waals surface area contributed by atoms with E-state index in [0.717, 1.165) is 51.2 Å². The van der Waals surface area contributed by atoms with Crippen LogP contribution < -0.4 is 15.8 Å². The summed E-state index contributed by atoms with van der Waals surface area (Å²) in [5.74, 6) is 1.69. The fourth-order valence-corrected chi connectivity index (χ4v) is 4.15. The monoisotopic (exact) mass is 465 g/mol. The lowest BCUT2D eigenvalue weighted by atomic mass is 9.98. The number of fused-ring (bicyclic) bond motifs is 1. The summed E-state index contributed by atoms with van der Waals surface area (Å²) < 4.78 is 9.64. The Morgan fingerprint density at radius 3 is 2.37 bits per heavy atom. The van der Waals surface area contributed by atoms with Crippen LogP contribution in [0.15, 0.2) is 79.3 Å². The fraction of sp³-hybridized carbons (Fsp3) is 0.148. The van der Waals surface area contributed by atoms with Crippen LogP contribution in [-0.4, -0.2) is 30.9 Å². The van der Waals surface area contributed by atoms with Crippen LogP contribution >= 0.6 is 0 Å². The van der Waals surface area contributed by atoms with Crippen molar-refractivity contribution in [3.05, 3.63) is 79.3 Å². The topological polar surface area (TPSA) is 95.8 Å². The SMILES string of the molecule is C=C(C)CNc1ccc(-c2c(-c3ccc(Oc4ccn(C)n4)cc3)c3c(N)ncnc3n2C)cc1. The van der Waals surface area contributed by atoms with Gasteiger partial charge in [-0.25, -0.2) is 9.97 Å². The van der Waals surface area contributed by atoms with Gasteiger partial charge < -0.3 is 20.4 Å². The molecule has 0 fully saturated rings. The van der Waals surface area contributed by atoms with E-state index >= 15 is 0 Å². The lowest BCUT2D eigenvalue weighted by Crippen LogP contribution is -2.01. The molecule has 0 radical (unpaired) electrons. The predicted octanol–water partition coefficient (Wildman–Crippen LogP) is 5.40. The van der Waals surface area contributed by atoms with Crippen LogP contribution in [-0.2, 0) is 14.1 Å². The van der Waals surface area contributed by atoms with Gasteiger partial charge in [0.25, 0.3) is 0 Å². The first-order valence-electron chi connectivity index (χ1n) is 11.3. The summed E-state index contributed by atoms with van der Waals surface area (Å²) >= 11 is 0. The van der Waals surface area contributed by atoms with E-state index < -0.39 is 0 Å². The molecule has 0 bridgehead atoms. The number of anilines is 2. The number of aryl methyl sites for hydroxylation is 2. The molecule has 5 aromatic rings. The van der Waals surface area contributed by atoms with Crippen LogP contribution in [0.1, 0.15) is 6.92 Å². The van der Waals surface area contributed by atoms with Crippen molar-refractivity contribution in [3.8, 4) is 34.0 Å². The highest BCUT2D eigenvalue weighted by atomic mass is 16.5. The minimum atomic E-state index is 0.445. The summed E-state index contributed by atoms with van der Waals surface area (Å²) in [5.41, 5.74) is 13.3. The maximum atomic E-state index is 6.36. The second-order valence-electron chi connectivity index (χ2n) is 8.58. The molecular weight excluding hydrogens is 438 g/mol. The van der Waals surface area contributed by atoms with E-state index in [0.29, 0.717) is 17.4 Å². The number of nitrogens with zero attached hydrogens (tertiary/aromatic N) is 5. The minimum absolute atomic E-state index is 0.445. The van der Waals surface area contributed by atoms with Gasteiger partial charge in [0.1, 0.15) is 23.5 Å². The summed E-state index contributed by atoms with van der Waals surface area (Å²) in [6.45, 7) is 6.69. The van der Waals surface area contributed by atoms with E-state index in [-0.39, 0.29) is 0 Å². The van der Waals surface area contributed by atoms with E-state index in [1.807, 2.05) is 57.5 Å².